The van der Waals surface area contributed by atoms with Crippen LogP contribution in [-0.4, -0.2) is 6.88 Å². The Balaban J connectivity index is 0.00000249. The number of rotatable bonds is 10. The molecule has 2 atom stereocenters. The number of allylic oxidation sites excluding steroid dienone is 2. The van der Waals surface area contributed by atoms with Gasteiger partial charge in [0.05, 0.1) is 0 Å². The van der Waals surface area contributed by atoms with Crippen LogP contribution in [0.2, 0.25) is 9.26 Å². The van der Waals surface area contributed by atoms with E-state index in [2.05, 4.69) is 141 Å². The summed E-state index contributed by atoms with van der Waals surface area (Å²) in [6.45, 7) is 12.3. The second kappa shape index (κ2) is 15.8. The second-order valence-corrected chi connectivity index (χ2v) is 49.8. The smallest absolute Gasteiger partial charge is 0.147 e. The van der Waals surface area contributed by atoms with Gasteiger partial charge in [-0.1, -0.05) is 0 Å². The summed E-state index contributed by atoms with van der Waals surface area (Å²) in [5, 5.41) is 0. The molecule has 4 aliphatic rings. The van der Waals surface area contributed by atoms with Gasteiger partial charge in [-0.15, -0.1) is 24.8 Å². The molecule has 0 heterocycles. The Labute approximate surface area is 342 Å². The molecule has 0 aromatic heterocycles. The number of aryl methyl sites for hydroxylation is 2. The van der Waals surface area contributed by atoms with E-state index in [1.807, 2.05) is 0 Å². The standard InChI is InChI=1S/2C24H27.2CH3.2ClH.H2Si.Zr/c2*1-3-18-9-11-20(12-10-18)22-8-6-7-21-15-19(16-23(21)22)17-24(2)13-4-5-14-24;;;;;;/h2*6-12,15-16H,3-5,13-14,17H2,1-2H3;2*1H3;2*1H;1H2;. The Morgan fingerprint density at radius 2 is 0.907 bits per heavy atom. The van der Waals surface area contributed by atoms with Crippen LogP contribution in [0.15, 0.2) is 96.1 Å². The number of hydrogen-bond donors (Lipinski definition) is 0. The molecule has 0 radical (unpaired) electrons. The zero-order valence-corrected chi connectivity index (χ0v) is 39.4. The average Bonchev–Trinajstić information content (AvgIpc) is 3.93. The van der Waals surface area contributed by atoms with Crippen molar-refractivity contribution in [2.24, 2.45) is 10.8 Å². The Morgan fingerprint density at radius 1 is 0.556 bits per heavy atom. The van der Waals surface area contributed by atoms with Crippen LogP contribution < -0.4 is 0 Å². The Hall–Kier alpha value is -1.96. The summed E-state index contributed by atoms with van der Waals surface area (Å²) in [5.74, 6) is 0. The molecule has 4 aromatic rings. The largest absolute Gasteiger partial charge is 0.147 e. The topological polar surface area (TPSA) is 0 Å². The first-order valence-corrected chi connectivity index (χ1v) is 34.5. The van der Waals surface area contributed by atoms with Crippen molar-refractivity contribution in [2.75, 3.05) is 0 Å². The Bertz CT molecular complexity index is 1970. The molecule has 2 saturated carbocycles. The molecule has 0 spiro atoms. The van der Waals surface area contributed by atoms with Gasteiger partial charge in [-0.2, -0.15) is 0 Å². The van der Waals surface area contributed by atoms with E-state index in [0.717, 1.165) is 12.8 Å². The van der Waals surface area contributed by atoms with E-state index in [-0.39, 0.29) is 24.8 Å². The van der Waals surface area contributed by atoms with Gasteiger partial charge in [0.1, 0.15) is 0 Å². The van der Waals surface area contributed by atoms with E-state index in [1.54, 1.807) is 22.3 Å². The maximum Gasteiger partial charge on any atom is -0.147 e. The van der Waals surface area contributed by atoms with Gasteiger partial charge in [-0.05, 0) is 0 Å². The molecule has 0 bridgehead atoms. The minimum Gasteiger partial charge on any atom is -0.147 e. The van der Waals surface area contributed by atoms with E-state index < -0.39 is 17.4 Å². The van der Waals surface area contributed by atoms with E-state index in [1.165, 1.54) is 109 Å². The third kappa shape index (κ3) is 7.58. The van der Waals surface area contributed by atoms with Crippen LogP contribution in [0.25, 0.3) is 34.4 Å². The minimum atomic E-state index is -3.85. The minimum absolute atomic E-state index is 0. The normalized spacial score (nSPS) is 21.1. The van der Waals surface area contributed by atoms with Crippen molar-refractivity contribution in [3.8, 4) is 22.3 Å². The summed E-state index contributed by atoms with van der Waals surface area (Å²) in [7, 11) is 0. The van der Waals surface area contributed by atoms with Crippen LogP contribution in [0, 0.1) is 10.8 Å². The Morgan fingerprint density at radius 3 is 1.24 bits per heavy atom. The molecule has 286 valence electrons. The van der Waals surface area contributed by atoms with Crippen molar-refractivity contribution >= 4 is 43.8 Å². The molecule has 4 heteroatoms. The third-order valence-corrected chi connectivity index (χ3v) is 31.9. The number of halogens is 2. The van der Waals surface area contributed by atoms with Crippen LogP contribution in [-0.2, 0) is 30.2 Å². The molecule has 0 nitrogen and oxygen atoms in total. The fourth-order valence-corrected chi connectivity index (χ4v) is 31.5. The fraction of sp³-hybridized carbons (Fsp3) is 0.440. The summed E-state index contributed by atoms with van der Waals surface area (Å²) in [6.07, 6.45) is 21.2. The molecule has 2 unspecified atom stereocenters. The van der Waals surface area contributed by atoms with Gasteiger partial charge in [0.25, 0.3) is 0 Å². The average molecular weight is 855 g/mol. The maximum atomic E-state index is 2.89. The van der Waals surface area contributed by atoms with Gasteiger partial charge < -0.3 is 0 Å². The second-order valence-electron chi connectivity index (χ2n) is 19.3. The van der Waals surface area contributed by atoms with Crippen molar-refractivity contribution < 1.29 is 17.4 Å². The van der Waals surface area contributed by atoms with Crippen molar-refractivity contribution in [3.63, 3.8) is 0 Å². The van der Waals surface area contributed by atoms with Crippen LogP contribution in [0.5, 0.6) is 0 Å². The van der Waals surface area contributed by atoms with E-state index in [9.17, 15) is 0 Å². The SMILES string of the molecule is CCc1ccc(-c2cccc3c2C=C(CC2(C)CCCC2)[CH]3[Zr]([CH3])([CH3])(=[SiH2])[CH]2C(CC3(C)CCCC3)=Cc3c(-c4ccc(CC)cc4)cccc32)cc1.Cl.Cl. The molecule has 4 aliphatic carbocycles. The summed E-state index contributed by atoms with van der Waals surface area (Å²) < 4.78 is 6.87. The quantitative estimate of drug-likeness (QED) is 0.139. The molecule has 54 heavy (non-hydrogen) atoms. The fourth-order valence-electron chi connectivity index (χ4n) is 11.8. The van der Waals surface area contributed by atoms with Crippen molar-refractivity contribution in [3.05, 3.63) is 129 Å². The maximum absolute atomic E-state index is 3.85. The summed E-state index contributed by atoms with van der Waals surface area (Å²) in [4.78, 5) is 0. The molecule has 8 rings (SSSR count). The van der Waals surface area contributed by atoms with E-state index in [4.69, 9.17) is 0 Å². The van der Waals surface area contributed by atoms with Gasteiger partial charge in [-0.3, -0.25) is 0 Å². The number of fused-ring (bicyclic) bond motifs is 2. The predicted octanol–water partition coefficient (Wildman–Crippen LogP) is 14.8. The van der Waals surface area contributed by atoms with Crippen LogP contribution in [0.3, 0.4) is 0 Å². The van der Waals surface area contributed by atoms with Gasteiger partial charge in [-0.25, -0.2) is 0 Å². The van der Waals surface area contributed by atoms with Crippen molar-refractivity contribution in [1.29, 1.82) is 0 Å². The summed E-state index contributed by atoms with van der Waals surface area (Å²) in [6, 6.07) is 33.7. The van der Waals surface area contributed by atoms with Crippen LogP contribution in [0.4, 0.5) is 0 Å². The van der Waals surface area contributed by atoms with Gasteiger partial charge in [0.15, 0.2) is 0 Å². The molecular formula is C50H64Cl2SiZr. The molecule has 0 saturated heterocycles. The first kappa shape index (κ1) is 41.7. The first-order valence-electron chi connectivity index (χ1n) is 20.8. The van der Waals surface area contributed by atoms with Crippen LogP contribution in [0.1, 0.15) is 133 Å². The molecule has 2 fully saturated rings. The van der Waals surface area contributed by atoms with Gasteiger partial charge in [0, 0.05) is 0 Å². The zero-order valence-electron chi connectivity index (χ0n) is 33.9. The molecule has 0 N–H and O–H groups in total. The van der Waals surface area contributed by atoms with E-state index in [0.29, 0.717) is 18.1 Å². The predicted molar refractivity (Wildman–Crippen MR) is 241 cm³/mol. The summed E-state index contributed by atoms with van der Waals surface area (Å²) >= 11 is -3.85. The monoisotopic (exact) mass is 852 g/mol. The number of hydrogen-bond acceptors (Lipinski definition) is 0. The van der Waals surface area contributed by atoms with Crippen LogP contribution >= 0.6 is 24.8 Å². The van der Waals surface area contributed by atoms with Gasteiger partial charge >= 0.3 is 320 Å². The van der Waals surface area contributed by atoms with Crippen molar-refractivity contribution in [2.45, 2.75) is 121 Å². The first-order chi connectivity index (χ1) is 24.9. The molecule has 0 aliphatic heterocycles. The molecule has 4 aromatic carbocycles. The third-order valence-electron chi connectivity index (χ3n) is 14.4. The Kier molecular flexibility index (Phi) is 12.2. The van der Waals surface area contributed by atoms with Gasteiger partial charge in [0.2, 0.25) is 0 Å². The zero-order chi connectivity index (χ0) is 36.3. The van der Waals surface area contributed by atoms with E-state index >= 15 is 0 Å². The molecule has 0 amide bonds. The summed E-state index contributed by atoms with van der Waals surface area (Å²) in [5.41, 5.74) is 19.2. The number of benzene rings is 4. The molecular weight excluding hydrogens is 791 g/mol. The van der Waals surface area contributed by atoms with Crippen molar-refractivity contribution in [1.82, 2.24) is 0 Å².